The molecule has 2 amide bonds. The summed E-state index contributed by atoms with van der Waals surface area (Å²) in [6.45, 7) is 6.84. The average molecular weight is 643 g/mol. The van der Waals surface area contributed by atoms with Crippen LogP contribution in [0.2, 0.25) is 0 Å². The molecule has 0 radical (unpaired) electrons. The zero-order chi connectivity index (χ0) is 33.5. The highest BCUT2D eigenvalue weighted by Gasteiger charge is 2.35. The Morgan fingerprint density at radius 1 is 0.848 bits per heavy atom. The number of nitrogens with one attached hydrogen (secondary N) is 1. The lowest BCUT2D eigenvalue weighted by molar-refractivity contribution is -0.384. The third kappa shape index (κ3) is 8.79. The second-order valence-electron chi connectivity index (χ2n) is 12.1. The highest BCUT2D eigenvalue weighted by atomic mass is 32.2. The second-order valence-corrected chi connectivity index (χ2v) is 13.9. The Kier molecular flexibility index (Phi) is 10.6. The smallest absolute Gasteiger partial charge is 0.269 e. The van der Waals surface area contributed by atoms with Crippen molar-refractivity contribution in [3.63, 3.8) is 0 Å². The van der Waals surface area contributed by atoms with E-state index in [0.29, 0.717) is 0 Å². The normalized spacial score (nSPS) is 12.2. The third-order valence-corrected chi connectivity index (χ3v) is 8.95. The maximum atomic E-state index is 14.5. The Morgan fingerprint density at radius 3 is 2.00 bits per heavy atom. The zero-order valence-corrected chi connectivity index (χ0v) is 27.1. The van der Waals surface area contributed by atoms with Crippen LogP contribution in [0.25, 0.3) is 0 Å². The predicted molar refractivity (Wildman–Crippen MR) is 178 cm³/mol. The molecule has 11 heteroatoms. The van der Waals surface area contributed by atoms with Gasteiger partial charge >= 0.3 is 0 Å². The van der Waals surface area contributed by atoms with Gasteiger partial charge in [0.15, 0.2) is 0 Å². The average Bonchev–Trinajstić information content (AvgIpc) is 3.01. The molecular formula is C35H38N4O6S. The highest BCUT2D eigenvalue weighted by molar-refractivity contribution is 7.92. The molecule has 0 bridgehead atoms. The van der Waals surface area contributed by atoms with E-state index in [9.17, 15) is 28.1 Å². The van der Waals surface area contributed by atoms with Gasteiger partial charge in [-0.1, -0.05) is 78.4 Å². The van der Waals surface area contributed by atoms with Crippen molar-refractivity contribution in [2.24, 2.45) is 0 Å². The van der Waals surface area contributed by atoms with Crippen molar-refractivity contribution in [3.8, 4) is 0 Å². The van der Waals surface area contributed by atoms with Crippen LogP contribution in [0.1, 0.15) is 37.5 Å². The van der Waals surface area contributed by atoms with Crippen molar-refractivity contribution in [1.82, 2.24) is 10.2 Å². The van der Waals surface area contributed by atoms with Gasteiger partial charge in [-0.05, 0) is 63.1 Å². The van der Waals surface area contributed by atoms with Gasteiger partial charge in [0.25, 0.3) is 15.7 Å². The fraction of sp³-hybridized carbons (Fsp3) is 0.257. The molecule has 0 aromatic heterocycles. The van der Waals surface area contributed by atoms with Gasteiger partial charge in [-0.15, -0.1) is 0 Å². The Balaban J connectivity index is 1.82. The Hall–Kier alpha value is -5.03. The van der Waals surface area contributed by atoms with Crippen molar-refractivity contribution in [2.75, 3.05) is 10.8 Å². The van der Waals surface area contributed by atoms with Crippen LogP contribution >= 0.6 is 0 Å². The molecule has 0 aliphatic rings. The van der Waals surface area contributed by atoms with Gasteiger partial charge in [-0.3, -0.25) is 24.0 Å². The number of non-ortho nitro benzene ring substituents is 1. The number of anilines is 1. The number of nitro groups is 1. The van der Waals surface area contributed by atoms with Gasteiger partial charge in [0.2, 0.25) is 11.8 Å². The van der Waals surface area contributed by atoms with E-state index in [0.717, 1.165) is 21.0 Å². The van der Waals surface area contributed by atoms with Crippen molar-refractivity contribution in [3.05, 3.63) is 136 Å². The molecule has 0 saturated heterocycles. The lowest BCUT2D eigenvalue weighted by Gasteiger charge is -2.35. The van der Waals surface area contributed by atoms with Crippen LogP contribution < -0.4 is 9.62 Å². The van der Waals surface area contributed by atoms with Crippen molar-refractivity contribution in [1.29, 1.82) is 0 Å². The van der Waals surface area contributed by atoms with Crippen molar-refractivity contribution < 1.29 is 22.9 Å². The van der Waals surface area contributed by atoms with Crippen LogP contribution in [0.5, 0.6) is 0 Å². The van der Waals surface area contributed by atoms with Crippen LogP contribution in [0.3, 0.4) is 0 Å². The summed E-state index contributed by atoms with van der Waals surface area (Å²) in [5, 5.41) is 14.3. The van der Waals surface area contributed by atoms with Crippen LogP contribution in [-0.2, 0) is 32.6 Å². The minimum absolute atomic E-state index is 0.0368. The van der Waals surface area contributed by atoms with E-state index in [-0.39, 0.29) is 35.1 Å². The molecule has 1 N–H and O–H groups in total. The van der Waals surface area contributed by atoms with Gasteiger partial charge in [-0.25, -0.2) is 8.42 Å². The van der Waals surface area contributed by atoms with Crippen LogP contribution in [0.15, 0.2) is 114 Å². The van der Waals surface area contributed by atoms with E-state index in [2.05, 4.69) is 5.32 Å². The monoisotopic (exact) mass is 642 g/mol. The summed E-state index contributed by atoms with van der Waals surface area (Å²) < 4.78 is 29.0. The first-order valence-corrected chi connectivity index (χ1v) is 16.2. The number of nitrogens with zero attached hydrogens (tertiary/aromatic N) is 3. The molecule has 240 valence electrons. The van der Waals surface area contributed by atoms with Gasteiger partial charge in [0.1, 0.15) is 12.6 Å². The van der Waals surface area contributed by atoms with Crippen LogP contribution in [0, 0.1) is 17.0 Å². The quantitative estimate of drug-likeness (QED) is 0.157. The molecule has 0 saturated carbocycles. The molecule has 0 aliphatic heterocycles. The maximum Gasteiger partial charge on any atom is 0.269 e. The third-order valence-electron chi connectivity index (χ3n) is 7.16. The molecule has 4 rings (SSSR count). The summed E-state index contributed by atoms with van der Waals surface area (Å²) in [6.07, 6.45) is 0.184. The standard InChI is InChI=1S/C35H38N4O6S/c1-26-12-11-15-28(22-26)24-37(32(34(41)36-35(2,3)4)23-27-13-7-5-8-14-27)33(40)25-38(29-18-20-30(21-19-29)39(42)43)46(44,45)31-16-9-6-10-17-31/h5-22,32H,23-25H2,1-4H3,(H,36,41)/t32-/m1/s1. The first-order valence-electron chi connectivity index (χ1n) is 14.8. The lowest BCUT2D eigenvalue weighted by Crippen LogP contribution is -2.56. The number of nitro benzene ring substituents is 1. The minimum Gasteiger partial charge on any atom is -0.350 e. The van der Waals surface area contributed by atoms with Gasteiger partial charge in [0, 0.05) is 30.6 Å². The number of amides is 2. The molecule has 0 unspecified atom stereocenters. The number of benzene rings is 4. The summed E-state index contributed by atoms with van der Waals surface area (Å²) >= 11 is 0. The Morgan fingerprint density at radius 2 is 1.43 bits per heavy atom. The van der Waals surface area contributed by atoms with Gasteiger partial charge in [0.05, 0.1) is 15.5 Å². The molecule has 0 aliphatic carbocycles. The van der Waals surface area contributed by atoms with E-state index < -0.39 is 39.0 Å². The van der Waals surface area contributed by atoms with E-state index in [1.165, 1.54) is 41.3 Å². The highest BCUT2D eigenvalue weighted by Crippen LogP contribution is 2.27. The number of sulfonamides is 1. The summed E-state index contributed by atoms with van der Waals surface area (Å²) in [5.41, 5.74) is 1.78. The van der Waals surface area contributed by atoms with Crippen LogP contribution in [-0.4, -0.2) is 48.2 Å². The summed E-state index contributed by atoms with van der Waals surface area (Å²) in [6, 6.07) is 28.5. The number of rotatable bonds is 12. The summed E-state index contributed by atoms with van der Waals surface area (Å²) in [4.78, 5) is 40.5. The largest absolute Gasteiger partial charge is 0.350 e. The maximum absolute atomic E-state index is 14.5. The Labute approximate surface area is 269 Å². The first-order chi connectivity index (χ1) is 21.7. The van der Waals surface area contributed by atoms with Crippen molar-refractivity contribution in [2.45, 2.75) is 57.1 Å². The SMILES string of the molecule is Cc1cccc(CN(C(=O)CN(c2ccc([N+](=O)[O-])cc2)S(=O)(=O)c2ccccc2)[C@H](Cc2ccccc2)C(=O)NC(C)(C)C)c1. The number of aryl methyl sites for hydroxylation is 1. The molecule has 0 spiro atoms. The molecule has 1 atom stereocenters. The number of carbonyl (C=O) groups excluding carboxylic acids is 2. The predicted octanol–water partition coefficient (Wildman–Crippen LogP) is 5.65. The van der Waals surface area contributed by atoms with Crippen molar-refractivity contribution >= 4 is 33.2 Å². The number of hydrogen-bond donors (Lipinski definition) is 1. The Bertz CT molecular complexity index is 1770. The van der Waals surface area contributed by atoms with E-state index in [1.807, 2.05) is 82.3 Å². The van der Waals surface area contributed by atoms with Gasteiger partial charge in [-0.2, -0.15) is 0 Å². The van der Waals surface area contributed by atoms with Crippen LogP contribution in [0.4, 0.5) is 11.4 Å². The zero-order valence-electron chi connectivity index (χ0n) is 26.3. The van der Waals surface area contributed by atoms with E-state index >= 15 is 0 Å². The van der Waals surface area contributed by atoms with E-state index in [4.69, 9.17) is 0 Å². The van der Waals surface area contributed by atoms with E-state index in [1.54, 1.807) is 18.2 Å². The topological polar surface area (TPSA) is 130 Å². The minimum atomic E-state index is -4.31. The second kappa shape index (κ2) is 14.4. The number of carbonyl (C=O) groups is 2. The molecule has 4 aromatic rings. The molecule has 46 heavy (non-hydrogen) atoms. The summed E-state index contributed by atoms with van der Waals surface area (Å²) in [7, 11) is -4.31. The molecular weight excluding hydrogens is 604 g/mol. The number of hydrogen-bond acceptors (Lipinski definition) is 6. The molecule has 0 fully saturated rings. The molecule has 4 aromatic carbocycles. The fourth-order valence-electron chi connectivity index (χ4n) is 5.00. The van der Waals surface area contributed by atoms with Gasteiger partial charge < -0.3 is 10.2 Å². The lowest BCUT2D eigenvalue weighted by atomic mass is 10.0. The fourth-order valence-corrected chi connectivity index (χ4v) is 6.44. The summed E-state index contributed by atoms with van der Waals surface area (Å²) in [5.74, 6) is -1.01. The molecule has 0 heterocycles. The first kappa shape index (κ1) is 33.9. The molecule has 10 nitrogen and oxygen atoms in total.